The van der Waals surface area contributed by atoms with Crippen molar-refractivity contribution in [1.82, 2.24) is 4.90 Å². The Morgan fingerprint density at radius 1 is 1.11 bits per heavy atom. The Labute approximate surface area is 171 Å². The fourth-order valence-corrected chi connectivity index (χ4v) is 4.84. The van der Waals surface area contributed by atoms with E-state index in [1.807, 2.05) is 62.4 Å². The van der Waals surface area contributed by atoms with Gasteiger partial charge in [0.05, 0.1) is 0 Å². The number of rotatable bonds is 6. The summed E-state index contributed by atoms with van der Waals surface area (Å²) in [5, 5.41) is 2.91. The molecule has 1 heterocycles. The van der Waals surface area contributed by atoms with E-state index in [-0.39, 0.29) is 17.2 Å². The first-order valence-corrected chi connectivity index (χ1v) is 10.9. The maximum atomic E-state index is 13.1. The average molecular weight is 397 g/mol. The number of benzene rings is 2. The Morgan fingerprint density at radius 2 is 1.86 bits per heavy atom. The van der Waals surface area contributed by atoms with Crippen LogP contribution < -0.4 is 5.32 Å². The van der Waals surface area contributed by atoms with Crippen molar-refractivity contribution in [3.05, 3.63) is 65.2 Å². The quantitative estimate of drug-likeness (QED) is 0.741. The first-order chi connectivity index (χ1) is 13.5. The maximum absolute atomic E-state index is 13.1. The number of hydrogen-bond donors (Lipinski definition) is 1. The van der Waals surface area contributed by atoms with Gasteiger partial charge < -0.3 is 10.2 Å². The summed E-state index contributed by atoms with van der Waals surface area (Å²) >= 11 is 1.66. The lowest BCUT2D eigenvalue weighted by molar-refractivity contribution is -0.138. The molecule has 0 aliphatic carbocycles. The van der Waals surface area contributed by atoms with Gasteiger partial charge in [0.15, 0.2) is 0 Å². The molecule has 2 unspecified atom stereocenters. The normalized spacial score (nSPS) is 18.9. The third-order valence-corrected chi connectivity index (χ3v) is 6.52. The molecule has 1 N–H and O–H groups in total. The van der Waals surface area contributed by atoms with E-state index in [1.165, 1.54) is 5.56 Å². The summed E-state index contributed by atoms with van der Waals surface area (Å²) < 4.78 is 0. The number of thioether (sulfide) groups is 1. The van der Waals surface area contributed by atoms with Gasteiger partial charge >= 0.3 is 0 Å². The van der Waals surface area contributed by atoms with Crippen LogP contribution >= 0.6 is 11.8 Å². The molecule has 0 aromatic heterocycles. The highest BCUT2D eigenvalue weighted by molar-refractivity contribution is 7.99. The van der Waals surface area contributed by atoms with E-state index >= 15 is 0 Å². The van der Waals surface area contributed by atoms with E-state index in [0.29, 0.717) is 12.2 Å². The second-order valence-corrected chi connectivity index (χ2v) is 8.42. The van der Waals surface area contributed by atoms with Crippen LogP contribution in [-0.4, -0.2) is 28.5 Å². The Kier molecular flexibility index (Phi) is 6.79. The number of anilines is 1. The first kappa shape index (κ1) is 20.5. The summed E-state index contributed by atoms with van der Waals surface area (Å²) in [6.07, 6.45) is 2.28. The zero-order chi connectivity index (χ0) is 20.1. The van der Waals surface area contributed by atoms with Gasteiger partial charge in [-0.1, -0.05) is 49.7 Å². The number of nitrogens with one attached hydrogen (secondary N) is 1. The highest BCUT2D eigenvalue weighted by atomic mass is 32.2. The van der Waals surface area contributed by atoms with Gasteiger partial charge in [0.25, 0.3) is 0 Å². The van der Waals surface area contributed by atoms with Crippen LogP contribution in [-0.2, 0) is 9.59 Å². The molecule has 1 aliphatic heterocycles. The molecule has 1 saturated heterocycles. The number of nitrogens with zero attached hydrogens (tertiary/aromatic N) is 1. The van der Waals surface area contributed by atoms with Gasteiger partial charge in [0, 0.05) is 17.9 Å². The van der Waals surface area contributed by atoms with Gasteiger partial charge in [-0.3, -0.25) is 9.59 Å². The van der Waals surface area contributed by atoms with Crippen molar-refractivity contribution in [3.63, 3.8) is 0 Å². The Morgan fingerprint density at radius 3 is 2.54 bits per heavy atom. The molecule has 1 aliphatic rings. The third kappa shape index (κ3) is 4.58. The molecule has 5 heteroatoms. The van der Waals surface area contributed by atoms with E-state index in [2.05, 4.69) is 12.2 Å². The molecule has 0 radical (unpaired) electrons. The molecule has 2 aromatic carbocycles. The minimum absolute atomic E-state index is 0.0564. The van der Waals surface area contributed by atoms with E-state index < -0.39 is 6.04 Å². The minimum atomic E-state index is -0.457. The van der Waals surface area contributed by atoms with Gasteiger partial charge in [-0.15, -0.1) is 11.8 Å². The minimum Gasteiger partial charge on any atom is -0.324 e. The molecular weight excluding hydrogens is 368 g/mol. The van der Waals surface area contributed by atoms with Gasteiger partial charge in [0.2, 0.25) is 11.8 Å². The molecule has 4 nitrogen and oxygen atoms in total. The molecule has 0 spiro atoms. The van der Waals surface area contributed by atoms with Crippen molar-refractivity contribution in [2.75, 3.05) is 11.1 Å². The van der Waals surface area contributed by atoms with Crippen molar-refractivity contribution in [3.8, 4) is 0 Å². The molecule has 3 rings (SSSR count). The fourth-order valence-electron chi connectivity index (χ4n) is 3.39. The zero-order valence-electron chi connectivity index (χ0n) is 16.8. The number of amides is 2. The SMILES string of the molecule is CCCCC(=O)N1C(C(=O)Nc2ccc(C)c(C)c2)CSC1c1ccccc1. The van der Waals surface area contributed by atoms with Crippen molar-refractivity contribution >= 4 is 29.3 Å². The Hall–Kier alpha value is -2.27. The van der Waals surface area contributed by atoms with E-state index in [0.717, 1.165) is 29.7 Å². The lowest BCUT2D eigenvalue weighted by Gasteiger charge is -2.29. The molecule has 0 bridgehead atoms. The van der Waals surface area contributed by atoms with Crippen LogP contribution in [0.15, 0.2) is 48.5 Å². The summed E-state index contributed by atoms with van der Waals surface area (Å²) in [4.78, 5) is 27.8. The molecule has 2 amide bonds. The van der Waals surface area contributed by atoms with E-state index in [1.54, 1.807) is 16.7 Å². The van der Waals surface area contributed by atoms with Crippen molar-refractivity contribution < 1.29 is 9.59 Å². The van der Waals surface area contributed by atoms with Gasteiger partial charge in [-0.05, 0) is 49.1 Å². The van der Waals surface area contributed by atoms with E-state index in [9.17, 15) is 9.59 Å². The standard InChI is InChI=1S/C23H28N2O2S/c1-4-5-11-21(26)25-20(15-28-23(25)18-9-7-6-8-10-18)22(27)24-19-13-12-16(2)17(3)14-19/h6-10,12-14,20,23H,4-5,11,15H2,1-3H3,(H,24,27). The van der Waals surface area contributed by atoms with Crippen LogP contribution in [0.1, 0.15) is 48.3 Å². The molecule has 28 heavy (non-hydrogen) atoms. The van der Waals surface area contributed by atoms with Gasteiger partial charge in [-0.2, -0.15) is 0 Å². The van der Waals surface area contributed by atoms with E-state index in [4.69, 9.17) is 0 Å². The summed E-state index contributed by atoms with van der Waals surface area (Å²) in [5.74, 6) is 0.550. The van der Waals surface area contributed by atoms with Crippen LogP contribution in [0.4, 0.5) is 5.69 Å². The summed E-state index contributed by atoms with van der Waals surface area (Å²) in [5.41, 5.74) is 4.17. The van der Waals surface area contributed by atoms with Crippen molar-refractivity contribution in [2.24, 2.45) is 0 Å². The highest BCUT2D eigenvalue weighted by Crippen LogP contribution is 2.42. The topological polar surface area (TPSA) is 49.4 Å². The lowest BCUT2D eigenvalue weighted by atomic mass is 10.1. The number of hydrogen-bond acceptors (Lipinski definition) is 3. The number of carbonyl (C=O) groups is 2. The fraction of sp³-hybridized carbons (Fsp3) is 0.391. The van der Waals surface area contributed by atoms with Gasteiger partial charge in [0.1, 0.15) is 11.4 Å². The Balaban J connectivity index is 1.82. The zero-order valence-corrected chi connectivity index (χ0v) is 17.6. The van der Waals surface area contributed by atoms with Crippen LogP contribution in [0.3, 0.4) is 0 Å². The van der Waals surface area contributed by atoms with Crippen LogP contribution in [0.5, 0.6) is 0 Å². The maximum Gasteiger partial charge on any atom is 0.248 e. The number of carbonyl (C=O) groups excluding carboxylic acids is 2. The summed E-state index contributed by atoms with van der Waals surface area (Å²) in [6.45, 7) is 6.15. The van der Waals surface area contributed by atoms with Crippen LogP contribution in [0.2, 0.25) is 0 Å². The van der Waals surface area contributed by atoms with Gasteiger partial charge in [-0.25, -0.2) is 0 Å². The predicted molar refractivity (Wildman–Crippen MR) is 116 cm³/mol. The summed E-state index contributed by atoms with van der Waals surface area (Å²) in [7, 11) is 0. The highest BCUT2D eigenvalue weighted by Gasteiger charge is 2.41. The largest absolute Gasteiger partial charge is 0.324 e. The lowest BCUT2D eigenvalue weighted by Crippen LogP contribution is -2.45. The van der Waals surface area contributed by atoms with Crippen LogP contribution in [0.25, 0.3) is 0 Å². The summed E-state index contributed by atoms with van der Waals surface area (Å²) in [6, 6.07) is 15.4. The molecule has 2 aromatic rings. The predicted octanol–water partition coefficient (Wildman–Crippen LogP) is 5.07. The second kappa shape index (κ2) is 9.28. The number of aryl methyl sites for hydroxylation is 2. The molecular formula is C23H28N2O2S. The van der Waals surface area contributed by atoms with Crippen molar-refractivity contribution in [2.45, 2.75) is 51.4 Å². The molecule has 148 valence electrons. The monoisotopic (exact) mass is 396 g/mol. The average Bonchev–Trinajstić information content (AvgIpc) is 3.15. The second-order valence-electron chi connectivity index (χ2n) is 7.31. The first-order valence-electron chi connectivity index (χ1n) is 9.87. The number of unbranched alkanes of at least 4 members (excludes halogenated alkanes) is 1. The smallest absolute Gasteiger partial charge is 0.248 e. The molecule has 1 fully saturated rings. The van der Waals surface area contributed by atoms with Crippen LogP contribution in [0, 0.1) is 13.8 Å². The molecule has 2 atom stereocenters. The van der Waals surface area contributed by atoms with Crippen molar-refractivity contribution in [1.29, 1.82) is 0 Å². The molecule has 0 saturated carbocycles. The third-order valence-electron chi connectivity index (χ3n) is 5.19. The Bertz CT molecular complexity index is 838.